The predicted molar refractivity (Wildman–Crippen MR) is 66.7 cm³/mol. The van der Waals surface area contributed by atoms with Gasteiger partial charge in [-0.2, -0.15) is 0 Å². The van der Waals surface area contributed by atoms with Crippen molar-refractivity contribution in [3.63, 3.8) is 0 Å². The number of nitrogens with zero attached hydrogens (tertiary/aromatic N) is 1. The zero-order valence-electron chi connectivity index (χ0n) is 9.21. The summed E-state index contributed by atoms with van der Waals surface area (Å²) in [4.78, 5) is 4.38. The maximum atomic E-state index is 5.31. The van der Waals surface area contributed by atoms with Crippen LogP contribution in [0.15, 0.2) is 21.6 Å². The van der Waals surface area contributed by atoms with E-state index in [-0.39, 0.29) is 0 Å². The van der Waals surface area contributed by atoms with E-state index in [4.69, 9.17) is 9.47 Å². The maximum Gasteiger partial charge on any atom is 0.175 e. The monoisotopic (exact) mass is 284 g/mol. The van der Waals surface area contributed by atoms with Crippen LogP contribution in [0.2, 0.25) is 0 Å². The van der Waals surface area contributed by atoms with Crippen LogP contribution >= 0.6 is 15.9 Å². The lowest BCUT2D eigenvalue weighted by atomic mass is 10.2. The molecule has 2 rings (SSSR count). The highest BCUT2D eigenvalue weighted by Gasteiger charge is 2.17. The molecular weight excluding hydrogens is 272 g/mol. The van der Waals surface area contributed by atoms with E-state index in [0.29, 0.717) is 11.5 Å². The minimum absolute atomic E-state index is 0.691. The lowest BCUT2D eigenvalue weighted by molar-refractivity contribution is 0.353. The first-order valence-corrected chi connectivity index (χ1v) is 5.76. The van der Waals surface area contributed by atoms with Crippen molar-refractivity contribution in [2.75, 3.05) is 27.3 Å². The van der Waals surface area contributed by atoms with E-state index in [2.05, 4.69) is 26.2 Å². The van der Waals surface area contributed by atoms with Gasteiger partial charge >= 0.3 is 0 Å². The Balaban J connectivity index is 2.48. The van der Waals surface area contributed by atoms with Crippen molar-refractivity contribution in [2.45, 2.75) is 0 Å². The fourth-order valence-electron chi connectivity index (χ4n) is 1.65. The molecule has 1 N–H and O–H groups in total. The molecule has 0 aliphatic carbocycles. The molecule has 0 unspecified atom stereocenters. The summed E-state index contributed by atoms with van der Waals surface area (Å²) in [6.45, 7) is 1.70. The van der Waals surface area contributed by atoms with Crippen molar-refractivity contribution in [3.05, 3.63) is 22.2 Å². The van der Waals surface area contributed by atoms with Crippen LogP contribution in [-0.2, 0) is 0 Å². The Labute approximate surface area is 103 Å². The number of hydrogen-bond donors (Lipinski definition) is 1. The van der Waals surface area contributed by atoms with Crippen molar-refractivity contribution in [1.82, 2.24) is 5.32 Å². The molecule has 0 aromatic heterocycles. The van der Waals surface area contributed by atoms with Gasteiger partial charge in [-0.05, 0) is 28.1 Å². The van der Waals surface area contributed by atoms with Gasteiger partial charge in [0.15, 0.2) is 11.5 Å². The van der Waals surface area contributed by atoms with E-state index in [9.17, 15) is 0 Å². The standard InChI is InChI=1S/C11H13BrN2O2/c1-15-8-4-3-7(9(12)10(8)16-2)11-13-5-6-14-11/h3-4H,5-6H2,1-2H3,(H,13,14). The van der Waals surface area contributed by atoms with Crippen LogP contribution in [0.1, 0.15) is 5.56 Å². The molecule has 0 atom stereocenters. The number of rotatable bonds is 3. The molecule has 1 aliphatic rings. The Bertz CT molecular complexity index is 432. The van der Waals surface area contributed by atoms with Gasteiger partial charge in [0, 0.05) is 12.1 Å². The number of hydrogen-bond acceptors (Lipinski definition) is 4. The van der Waals surface area contributed by atoms with Crippen LogP contribution < -0.4 is 14.8 Å². The fourth-order valence-corrected chi connectivity index (χ4v) is 2.33. The molecule has 0 bridgehead atoms. The number of nitrogens with one attached hydrogen (secondary N) is 1. The molecule has 1 aliphatic heterocycles. The van der Waals surface area contributed by atoms with Gasteiger partial charge in [0.1, 0.15) is 5.84 Å². The molecule has 86 valence electrons. The lowest BCUT2D eigenvalue weighted by Crippen LogP contribution is -2.20. The van der Waals surface area contributed by atoms with E-state index in [0.717, 1.165) is 29.0 Å². The molecule has 0 saturated carbocycles. The van der Waals surface area contributed by atoms with Crippen molar-refractivity contribution in [1.29, 1.82) is 0 Å². The molecule has 0 saturated heterocycles. The molecular formula is C11H13BrN2O2. The maximum absolute atomic E-state index is 5.31. The molecule has 1 aromatic carbocycles. The number of ether oxygens (including phenoxy) is 2. The van der Waals surface area contributed by atoms with Crippen molar-refractivity contribution < 1.29 is 9.47 Å². The van der Waals surface area contributed by atoms with Crippen molar-refractivity contribution in [2.24, 2.45) is 4.99 Å². The SMILES string of the molecule is COc1ccc(C2=NCCN2)c(Br)c1OC. The van der Waals surface area contributed by atoms with Crippen LogP contribution in [0, 0.1) is 0 Å². The van der Waals surface area contributed by atoms with Gasteiger partial charge in [0.2, 0.25) is 0 Å². The van der Waals surface area contributed by atoms with Crippen LogP contribution in [0.5, 0.6) is 11.5 Å². The highest BCUT2D eigenvalue weighted by Crippen LogP contribution is 2.37. The Morgan fingerprint density at radius 2 is 2.12 bits per heavy atom. The molecule has 5 heteroatoms. The zero-order valence-corrected chi connectivity index (χ0v) is 10.8. The summed E-state index contributed by atoms with van der Waals surface area (Å²) in [5.41, 5.74) is 0.996. The third-order valence-electron chi connectivity index (χ3n) is 2.41. The molecule has 16 heavy (non-hydrogen) atoms. The third kappa shape index (κ3) is 1.87. The Hall–Kier alpha value is -1.23. The first-order chi connectivity index (χ1) is 7.77. The molecule has 0 radical (unpaired) electrons. The number of benzene rings is 1. The van der Waals surface area contributed by atoms with E-state index >= 15 is 0 Å². The second-order valence-electron chi connectivity index (χ2n) is 3.32. The molecule has 0 spiro atoms. The minimum Gasteiger partial charge on any atom is -0.493 e. The van der Waals surface area contributed by atoms with E-state index < -0.39 is 0 Å². The van der Waals surface area contributed by atoms with Gasteiger partial charge in [-0.3, -0.25) is 4.99 Å². The minimum atomic E-state index is 0.691. The average molecular weight is 285 g/mol. The Morgan fingerprint density at radius 3 is 2.69 bits per heavy atom. The molecule has 1 aromatic rings. The normalized spacial score (nSPS) is 14.3. The van der Waals surface area contributed by atoms with E-state index in [1.165, 1.54) is 0 Å². The van der Waals surface area contributed by atoms with Crippen LogP contribution in [0.3, 0.4) is 0 Å². The largest absolute Gasteiger partial charge is 0.493 e. The molecule has 1 heterocycles. The summed E-state index contributed by atoms with van der Waals surface area (Å²) in [7, 11) is 3.24. The summed E-state index contributed by atoms with van der Waals surface area (Å²) < 4.78 is 11.4. The van der Waals surface area contributed by atoms with E-state index in [1.54, 1.807) is 14.2 Å². The number of amidine groups is 1. The second-order valence-corrected chi connectivity index (χ2v) is 4.11. The summed E-state index contributed by atoms with van der Waals surface area (Å²) in [6.07, 6.45) is 0. The van der Waals surface area contributed by atoms with Gasteiger partial charge in [0.05, 0.1) is 25.2 Å². The quantitative estimate of drug-likeness (QED) is 0.921. The Kier molecular flexibility index (Phi) is 3.33. The molecule has 4 nitrogen and oxygen atoms in total. The summed E-state index contributed by atoms with van der Waals surface area (Å²) in [5, 5.41) is 3.23. The van der Waals surface area contributed by atoms with Crippen molar-refractivity contribution in [3.8, 4) is 11.5 Å². The smallest absolute Gasteiger partial charge is 0.175 e. The number of aliphatic imine (C=N–C) groups is 1. The number of methoxy groups -OCH3 is 2. The van der Waals surface area contributed by atoms with Crippen LogP contribution in [-0.4, -0.2) is 33.1 Å². The summed E-state index contributed by atoms with van der Waals surface area (Å²) in [6, 6.07) is 3.84. The molecule has 0 fully saturated rings. The Morgan fingerprint density at radius 1 is 1.31 bits per heavy atom. The van der Waals surface area contributed by atoms with Crippen LogP contribution in [0.25, 0.3) is 0 Å². The van der Waals surface area contributed by atoms with Gasteiger partial charge in [-0.15, -0.1) is 0 Å². The van der Waals surface area contributed by atoms with Crippen LogP contribution in [0.4, 0.5) is 0 Å². The topological polar surface area (TPSA) is 42.8 Å². The lowest BCUT2D eigenvalue weighted by Gasteiger charge is -2.13. The highest BCUT2D eigenvalue weighted by atomic mass is 79.9. The van der Waals surface area contributed by atoms with Gasteiger partial charge in [-0.1, -0.05) is 0 Å². The third-order valence-corrected chi connectivity index (χ3v) is 3.20. The second kappa shape index (κ2) is 4.74. The van der Waals surface area contributed by atoms with Crippen molar-refractivity contribution >= 4 is 21.8 Å². The highest BCUT2D eigenvalue weighted by molar-refractivity contribution is 9.10. The summed E-state index contributed by atoms with van der Waals surface area (Å²) >= 11 is 3.52. The predicted octanol–water partition coefficient (Wildman–Crippen LogP) is 1.82. The average Bonchev–Trinajstić information content (AvgIpc) is 2.81. The first kappa shape index (κ1) is 11.3. The summed E-state index contributed by atoms with van der Waals surface area (Å²) in [5.74, 6) is 2.29. The zero-order chi connectivity index (χ0) is 11.5. The van der Waals surface area contributed by atoms with Gasteiger partial charge < -0.3 is 14.8 Å². The first-order valence-electron chi connectivity index (χ1n) is 4.97. The van der Waals surface area contributed by atoms with Gasteiger partial charge in [0.25, 0.3) is 0 Å². The molecule has 0 amide bonds. The van der Waals surface area contributed by atoms with E-state index in [1.807, 2.05) is 12.1 Å². The number of halogens is 1. The van der Waals surface area contributed by atoms with Gasteiger partial charge in [-0.25, -0.2) is 0 Å². The fraction of sp³-hybridized carbons (Fsp3) is 0.364.